The Kier molecular flexibility index (Phi) is 4.51. The summed E-state index contributed by atoms with van der Waals surface area (Å²) in [5, 5.41) is 0. The molecule has 1 aromatic carbocycles. The molecule has 1 aromatic heterocycles. The van der Waals surface area contributed by atoms with Crippen molar-refractivity contribution in [3.63, 3.8) is 0 Å². The van der Waals surface area contributed by atoms with Crippen molar-refractivity contribution in [2.45, 2.75) is 44.6 Å². The Hall–Kier alpha value is -3.04. The van der Waals surface area contributed by atoms with Crippen molar-refractivity contribution >= 4 is 11.8 Å². The van der Waals surface area contributed by atoms with Gasteiger partial charge in [-0.1, -0.05) is 12.1 Å². The second-order valence-electron chi connectivity index (χ2n) is 7.27. The molecule has 2 aliphatic rings. The molecule has 1 aliphatic heterocycles. The number of halogens is 3. The topological polar surface area (TPSA) is 98.7 Å². The number of hydrogen-bond acceptors (Lipinski definition) is 5. The average Bonchev–Trinajstić information content (AvgIpc) is 3.33. The number of amides is 2. The average molecular weight is 409 g/mol. The number of nitrogens with two attached hydrogens (primary N) is 1. The first-order valence-corrected chi connectivity index (χ1v) is 9.09. The molecule has 4 rings (SSSR count). The van der Waals surface area contributed by atoms with Crippen LogP contribution in [0.15, 0.2) is 28.7 Å². The van der Waals surface area contributed by atoms with E-state index in [1.54, 1.807) is 0 Å². The van der Waals surface area contributed by atoms with E-state index in [1.807, 2.05) is 0 Å². The quantitative estimate of drug-likeness (QED) is 0.837. The van der Waals surface area contributed by atoms with Crippen LogP contribution in [-0.2, 0) is 4.79 Å². The predicted molar refractivity (Wildman–Crippen MR) is 93.6 cm³/mol. The molecular formula is C19H18F3N3O4. The Labute approximate surface area is 163 Å². The lowest BCUT2D eigenvalue weighted by atomic mass is 9.97. The van der Waals surface area contributed by atoms with Gasteiger partial charge < -0.3 is 19.8 Å². The molecule has 1 saturated heterocycles. The second kappa shape index (κ2) is 6.78. The number of ether oxygens (including phenoxy) is 1. The van der Waals surface area contributed by atoms with Crippen molar-refractivity contribution in [1.82, 2.24) is 9.88 Å². The molecule has 0 radical (unpaired) electrons. The molecule has 2 N–H and O–H groups in total. The third kappa shape index (κ3) is 3.54. The molecule has 2 aromatic rings. The van der Waals surface area contributed by atoms with E-state index in [9.17, 15) is 22.8 Å². The van der Waals surface area contributed by atoms with E-state index in [0.29, 0.717) is 6.42 Å². The van der Waals surface area contributed by atoms with Crippen LogP contribution >= 0.6 is 0 Å². The van der Waals surface area contributed by atoms with E-state index < -0.39 is 30.0 Å². The Balaban J connectivity index is 1.70. The highest BCUT2D eigenvalue weighted by Crippen LogP contribution is 2.43. The Morgan fingerprint density at radius 2 is 2.07 bits per heavy atom. The minimum Gasteiger partial charge on any atom is -0.440 e. The molecule has 2 amide bonds. The SMILES string of the molecule is Cc1nc(C(=O)N2[C@@H]3CC[C@@H](C3)[C@H]2C(N)=O)c(-c2cccc(OC(F)(F)F)c2)o1. The van der Waals surface area contributed by atoms with Gasteiger partial charge in [-0.05, 0) is 37.3 Å². The number of carbonyl (C=O) groups excluding carboxylic acids is 2. The number of piperidine rings is 1. The summed E-state index contributed by atoms with van der Waals surface area (Å²) >= 11 is 0. The number of oxazole rings is 1. The zero-order valence-electron chi connectivity index (χ0n) is 15.4. The number of benzene rings is 1. The van der Waals surface area contributed by atoms with Crippen LogP contribution in [0.4, 0.5) is 13.2 Å². The van der Waals surface area contributed by atoms with E-state index in [-0.39, 0.29) is 34.9 Å². The molecule has 2 bridgehead atoms. The summed E-state index contributed by atoms with van der Waals surface area (Å²) in [5.41, 5.74) is 5.66. The first-order valence-electron chi connectivity index (χ1n) is 9.09. The molecule has 0 spiro atoms. The van der Waals surface area contributed by atoms with Crippen LogP contribution in [-0.4, -0.2) is 40.1 Å². The lowest BCUT2D eigenvalue weighted by molar-refractivity contribution is -0.274. The first kappa shape index (κ1) is 19.3. The third-order valence-corrected chi connectivity index (χ3v) is 5.38. The van der Waals surface area contributed by atoms with Gasteiger partial charge in [-0.15, -0.1) is 13.2 Å². The van der Waals surface area contributed by atoms with Crippen LogP contribution in [0.25, 0.3) is 11.3 Å². The monoisotopic (exact) mass is 409 g/mol. The molecule has 10 heteroatoms. The van der Waals surface area contributed by atoms with Gasteiger partial charge in [-0.3, -0.25) is 9.59 Å². The number of alkyl halides is 3. The largest absolute Gasteiger partial charge is 0.573 e. The maximum Gasteiger partial charge on any atom is 0.573 e. The number of aromatic nitrogens is 1. The van der Waals surface area contributed by atoms with Gasteiger partial charge in [0.2, 0.25) is 5.91 Å². The lowest BCUT2D eigenvalue weighted by Gasteiger charge is -2.32. The summed E-state index contributed by atoms with van der Waals surface area (Å²) in [4.78, 5) is 30.8. The molecule has 29 heavy (non-hydrogen) atoms. The minimum atomic E-state index is -4.85. The van der Waals surface area contributed by atoms with Crippen molar-refractivity contribution < 1.29 is 31.9 Å². The number of primary amides is 1. The van der Waals surface area contributed by atoms with Crippen molar-refractivity contribution in [1.29, 1.82) is 0 Å². The van der Waals surface area contributed by atoms with Crippen LogP contribution in [0.3, 0.4) is 0 Å². The highest BCUT2D eigenvalue weighted by atomic mass is 19.4. The summed E-state index contributed by atoms with van der Waals surface area (Å²) in [5.74, 6) is -1.33. The number of hydrogen-bond donors (Lipinski definition) is 1. The summed E-state index contributed by atoms with van der Waals surface area (Å²) in [6, 6.07) is 4.27. The highest BCUT2D eigenvalue weighted by Gasteiger charge is 2.51. The van der Waals surface area contributed by atoms with Gasteiger partial charge in [-0.2, -0.15) is 0 Å². The van der Waals surface area contributed by atoms with Gasteiger partial charge >= 0.3 is 6.36 Å². The van der Waals surface area contributed by atoms with Gasteiger partial charge in [0.15, 0.2) is 17.3 Å². The molecule has 3 atom stereocenters. The number of carbonyl (C=O) groups is 2. The maximum absolute atomic E-state index is 13.3. The number of fused-ring (bicyclic) bond motifs is 2. The maximum atomic E-state index is 13.3. The van der Waals surface area contributed by atoms with Gasteiger partial charge in [0.1, 0.15) is 11.8 Å². The molecule has 7 nitrogen and oxygen atoms in total. The minimum absolute atomic E-state index is 0.0152. The number of rotatable bonds is 4. The Morgan fingerprint density at radius 1 is 1.31 bits per heavy atom. The third-order valence-electron chi connectivity index (χ3n) is 5.38. The van der Waals surface area contributed by atoms with Crippen LogP contribution in [0.2, 0.25) is 0 Å². The van der Waals surface area contributed by atoms with Crippen molar-refractivity contribution in [3.8, 4) is 17.1 Å². The molecule has 2 fully saturated rings. The van der Waals surface area contributed by atoms with E-state index in [4.69, 9.17) is 10.2 Å². The van der Waals surface area contributed by atoms with E-state index in [2.05, 4.69) is 9.72 Å². The molecule has 2 heterocycles. The zero-order valence-corrected chi connectivity index (χ0v) is 15.4. The second-order valence-corrected chi connectivity index (χ2v) is 7.27. The fourth-order valence-electron chi connectivity index (χ4n) is 4.37. The van der Waals surface area contributed by atoms with Crippen LogP contribution in [0.5, 0.6) is 5.75 Å². The summed E-state index contributed by atoms with van der Waals surface area (Å²) in [6.45, 7) is 1.53. The van der Waals surface area contributed by atoms with Crippen molar-refractivity contribution in [2.75, 3.05) is 0 Å². The molecule has 154 valence electrons. The molecule has 0 unspecified atom stereocenters. The van der Waals surface area contributed by atoms with Gasteiger partial charge in [0.25, 0.3) is 5.91 Å². The van der Waals surface area contributed by atoms with E-state index >= 15 is 0 Å². The van der Waals surface area contributed by atoms with E-state index in [0.717, 1.165) is 25.0 Å². The van der Waals surface area contributed by atoms with Crippen LogP contribution in [0, 0.1) is 12.8 Å². The fraction of sp³-hybridized carbons (Fsp3) is 0.421. The van der Waals surface area contributed by atoms with Crippen molar-refractivity contribution in [3.05, 3.63) is 35.9 Å². The van der Waals surface area contributed by atoms with Crippen LogP contribution in [0.1, 0.15) is 35.6 Å². The summed E-state index contributed by atoms with van der Waals surface area (Å²) < 4.78 is 47.1. The highest BCUT2D eigenvalue weighted by molar-refractivity contribution is 6.01. The Bertz CT molecular complexity index is 972. The van der Waals surface area contributed by atoms with Gasteiger partial charge in [0.05, 0.1) is 0 Å². The smallest absolute Gasteiger partial charge is 0.440 e. The molecule has 1 aliphatic carbocycles. The molecular weight excluding hydrogens is 391 g/mol. The summed E-state index contributed by atoms with van der Waals surface area (Å²) in [7, 11) is 0. The number of likely N-dealkylation sites (tertiary alicyclic amines) is 1. The van der Waals surface area contributed by atoms with Gasteiger partial charge in [0, 0.05) is 18.5 Å². The fourth-order valence-corrected chi connectivity index (χ4v) is 4.37. The predicted octanol–water partition coefficient (Wildman–Crippen LogP) is 3.03. The zero-order chi connectivity index (χ0) is 20.9. The normalized spacial score (nSPS) is 23.4. The standard InChI is InChI=1S/C19H18F3N3O4/c1-9-24-14(18(27)25-12-6-5-10(7-12)15(25)17(23)26)16(28-9)11-3-2-4-13(8-11)29-19(20,21)22/h2-4,8,10,12,15H,5-7H2,1H3,(H2,23,26)/t10-,12+,15-/m0/s1. The van der Waals surface area contributed by atoms with Crippen molar-refractivity contribution in [2.24, 2.45) is 11.7 Å². The van der Waals surface area contributed by atoms with Crippen LogP contribution < -0.4 is 10.5 Å². The Morgan fingerprint density at radius 3 is 2.76 bits per heavy atom. The molecule has 1 saturated carbocycles. The number of nitrogens with zero attached hydrogens (tertiary/aromatic N) is 2. The summed E-state index contributed by atoms with van der Waals surface area (Å²) in [6.07, 6.45) is -2.57. The lowest BCUT2D eigenvalue weighted by Crippen LogP contribution is -2.51. The van der Waals surface area contributed by atoms with Gasteiger partial charge in [-0.25, -0.2) is 4.98 Å². The number of aryl methyl sites for hydroxylation is 1. The van der Waals surface area contributed by atoms with E-state index in [1.165, 1.54) is 24.0 Å². The first-order chi connectivity index (χ1) is 13.6.